The molecule has 9 heteroatoms. The van der Waals surface area contributed by atoms with Gasteiger partial charge in [-0.3, -0.25) is 10.1 Å². The fraction of sp³-hybridized carbons (Fsp3) is 0.250. The summed E-state index contributed by atoms with van der Waals surface area (Å²) in [7, 11) is 1.29. The normalized spacial score (nSPS) is 11.3. The number of benzene rings is 2. The van der Waals surface area contributed by atoms with Crippen LogP contribution in [0.4, 0.5) is 10.5 Å². The first kappa shape index (κ1) is 20.0. The number of ether oxygens (including phenoxy) is 2. The quantitative estimate of drug-likeness (QED) is 0.370. The Morgan fingerprint density at radius 2 is 1.76 bits per heavy atom. The van der Waals surface area contributed by atoms with Gasteiger partial charge in [0.05, 0.1) is 23.1 Å². The number of nitro groups is 1. The number of fused-ring (bicyclic) bond motifs is 1. The summed E-state index contributed by atoms with van der Waals surface area (Å²) in [4.78, 5) is 34.9. The Morgan fingerprint density at radius 3 is 2.31 bits per heavy atom. The van der Waals surface area contributed by atoms with Crippen LogP contribution in [0.3, 0.4) is 0 Å². The third kappa shape index (κ3) is 4.08. The van der Waals surface area contributed by atoms with E-state index in [-0.39, 0.29) is 11.2 Å². The molecule has 29 heavy (non-hydrogen) atoms. The van der Waals surface area contributed by atoms with E-state index in [0.717, 1.165) is 4.68 Å². The number of carbonyl (C=O) groups excluding carboxylic acids is 2. The van der Waals surface area contributed by atoms with E-state index in [4.69, 9.17) is 4.74 Å². The van der Waals surface area contributed by atoms with Crippen molar-refractivity contribution in [3.63, 3.8) is 0 Å². The fourth-order valence-corrected chi connectivity index (χ4v) is 2.76. The Balaban J connectivity index is 2.16. The van der Waals surface area contributed by atoms with E-state index in [2.05, 4.69) is 9.84 Å². The molecule has 0 atom stereocenters. The van der Waals surface area contributed by atoms with Crippen LogP contribution in [0.2, 0.25) is 0 Å². The van der Waals surface area contributed by atoms with Crippen LogP contribution >= 0.6 is 0 Å². The van der Waals surface area contributed by atoms with Crippen molar-refractivity contribution in [2.75, 3.05) is 7.11 Å². The lowest BCUT2D eigenvalue weighted by molar-refractivity contribution is -0.384. The van der Waals surface area contributed by atoms with Gasteiger partial charge < -0.3 is 9.47 Å². The molecule has 9 nitrogen and oxygen atoms in total. The van der Waals surface area contributed by atoms with Crippen molar-refractivity contribution < 1.29 is 24.0 Å². The van der Waals surface area contributed by atoms with Crippen molar-refractivity contribution in [2.45, 2.75) is 26.4 Å². The lowest BCUT2D eigenvalue weighted by Crippen LogP contribution is -2.27. The minimum atomic E-state index is -0.765. The zero-order valence-electron chi connectivity index (χ0n) is 16.3. The van der Waals surface area contributed by atoms with Crippen molar-refractivity contribution in [1.29, 1.82) is 0 Å². The predicted molar refractivity (Wildman–Crippen MR) is 105 cm³/mol. The molecule has 0 N–H and O–H groups in total. The van der Waals surface area contributed by atoms with Crippen LogP contribution in [0.25, 0.3) is 22.2 Å². The van der Waals surface area contributed by atoms with Crippen molar-refractivity contribution >= 4 is 28.7 Å². The maximum Gasteiger partial charge on any atom is 0.435 e. The summed E-state index contributed by atoms with van der Waals surface area (Å²) in [5.74, 6) is -0.476. The number of rotatable bonds is 3. The van der Waals surface area contributed by atoms with E-state index < -0.39 is 22.6 Å². The van der Waals surface area contributed by atoms with Crippen molar-refractivity contribution in [3.8, 4) is 11.3 Å². The van der Waals surface area contributed by atoms with Crippen molar-refractivity contribution in [1.82, 2.24) is 9.78 Å². The van der Waals surface area contributed by atoms with E-state index in [1.165, 1.54) is 25.3 Å². The van der Waals surface area contributed by atoms with Crippen LogP contribution in [0.1, 0.15) is 31.1 Å². The molecule has 0 aliphatic rings. The monoisotopic (exact) mass is 397 g/mol. The number of non-ortho nitro benzene ring substituents is 1. The number of hydrogen-bond donors (Lipinski definition) is 0. The highest BCUT2D eigenvalue weighted by molar-refractivity contribution is 5.99. The molecule has 0 unspecified atom stereocenters. The maximum absolute atomic E-state index is 12.6. The van der Waals surface area contributed by atoms with Gasteiger partial charge in [0.1, 0.15) is 11.3 Å². The molecular weight excluding hydrogens is 378 g/mol. The zero-order valence-corrected chi connectivity index (χ0v) is 16.3. The second-order valence-electron chi connectivity index (χ2n) is 7.27. The first-order valence-corrected chi connectivity index (χ1v) is 8.70. The second-order valence-corrected chi connectivity index (χ2v) is 7.27. The van der Waals surface area contributed by atoms with Crippen LogP contribution in [0, 0.1) is 10.1 Å². The maximum atomic E-state index is 12.6. The molecule has 0 spiro atoms. The number of methoxy groups -OCH3 is 1. The Morgan fingerprint density at radius 1 is 1.10 bits per heavy atom. The summed E-state index contributed by atoms with van der Waals surface area (Å²) in [5, 5.41) is 16.1. The lowest BCUT2D eigenvalue weighted by Gasteiger charge is -2.19. The number of nitro benzene ring substituents is 1. The molecule has 3 rings (SSSR count). The van der Waals surface area contributed by atoms with Gasteiger partial charge in [-0.15, -0.1) is 0 Å². The van der Waals surface area contributed by atoms with Crippen molar-refractivity contribution in [3.05, 3.63) is 58.1 Å². The largest absolute Gasteiger partial charge is 0.465 e. The number of esters is 1. The molecule has 0 saturated heterocycles. The average Bonchev–Trinajstić information content (AvgIpc) is 3.05. The predicted octanol–water partition coefficient (Wildman–Crippen LogP) is 4.18. The summed E-state index contributed by atoms with van der Waals surface area (Å²) in [6.07, 6.45) is -0.750. The van der Waals surface area contributed by atoms with Gasteiger partial charge in [0.2, 0.25) is 0 Å². The molecule has 0 radical (unpaired) electrons. The van der Waals surface area contributed by atoms with E-state index in [1.807, 2.05) is 0 Å². The van der Waals surface area contributed by atoms with Gasteiger partial charge >= 0.3 is 12.1 Å². The second kappa shape index (κ2) is 7.34. The summed E-state index contributed by atoms with van der Waals surface area (Å²) in [6.45, 7) is 5.14. The zero-order chi connectivity index (χ0) is 21.3. The van der Waals surface area contributed by atoms with Crippen LogP contribution in [-0.2, 0) is 9.47 Å². The molecule has 150 valence electrons. The number of aromatic nitrogens is 2. The van der Waals surface area contributed by atoms with E-state index in [0.29, 0.717) is 22.2 Å². The minimum Gasteiger partial charge on any atom is -0.465 e. The molecule has 2 aromatic carbocycles. The van der Waals surface area contributed by atoms with Crippen LogP contribution in [0.15, 0.2) is 42.5 Å². The van der Waals surface area contributed by atoms with Gasteiger partial charge in [-0.2, -0.15) is 9.78 Å². The molecule has 0 aliphatic carbocycles. The first-order valence-electron chi connectivity index (χ1n) is 8.70. The van der Waals surface area contributed by atoms with Crippen LogP contribution in [-0.4, -0.2) is 39.5 Å². The van der Waals surface area contributed by atoms with Crippen LogP contribution in [0.5, 0.6) is 0 Å². The SMILES string of the molecule is COC(=O)c1ccc(-c2nn(C(=O)OC(C)(C)C)c3cc([N+](=O)[O-])ccc23)cc1. The molecular formula is C20H19N3O6. The standard InChI is InChI=1S/C20H19N3O6/c1-20(2,3)29-19(25)22-16-11-14(23(26)27)9-10-15(16)17(21-22)12-5-7-13(8-6-12)18(24)28-4/h5-11H,1-4H3. The molecule has 1 heterocycles. The van der Waals surface area contributed by atoms with Gasteiger partial charge in [0.25, 0.3) is 5.69 Å². The summed E-state index contributed by atoms with van der Waals surface area (Å²) in [6, 6.07) is 10.6. The third-order valence-electron chi connectivity index (χ3n) is 4.02. The molecule has 0 aliphatic heterocycles. The van der Waals surface area contributed by atoms with E-state index in [1.54, 1.807) is 45.0 Å². The highest BCUT2D eigenvalue weighted by Crippen LogP contribution is 2.31. The van der Waals surface area contributed by atoms with Gasteiger partial charge in [-0.05, 0) is 39.0 Å². The topological polar surface area (TPSA) is 114 Å². The molecule has 0 fully saturated rings. The van der Waals surface area contributed by atoms with Gasteiger partial charge in [0.15, 0.2) is 0 Å². The first-order chi connectivity index (χ1) is 13.6. The van der Waals surface area contributed by atoms with Crippen molar-refractivity contribution in [2.24, 2.45) is 0 Å². The van der Waals surface area contributed by atoms with Crippen LogP contribution < -0.4 is 0 Å². The van der Waals surface area contributed by atoms with E-state index >= 15 is 0 Å². The highest BCUT2D eigenvalue weighted by Gasteiger charge is 2.24. The fourth-order valence-electron chi connectivity index (χ4n) is 2.76. The van der Waals surface area contributed by atoms with Gasteiger partial charge in [-0.25, -0.2) is 9.59 Å². The highest BCUT2D eigenvalue weighted by atomic mass is 16.6. The lowest BCUT2D eigenvalue weighted by atomic mass is 10.1. The van der Waals surface area contributed by atoms with E-state index in [9.17, 15) is 19.7 Å². The summed E-state index contributed by atoms with van der Waals surface area (Å²) in [5.41, 5.74) is 0.729. The minimum absolute atomic E-state index is 0.171. The molecule has 0 saturated carbocycles. The molecule has 0 bridgehead atoms. The van der Waals surface area contributed by atoms with Gasteiger partial charge in [0, 0.05) is 23.1 Å². The Kier molecular flexibility index (Phi) is 5.06. The number of nitrogens with zero attached hydrogens (tertiary/aromatic N) is 3. The third-order valence-corrected chi connectivity index (χ3v) is 4.02. The smallest absolute Gasteiger partial charge is 0.435 e. The molecule has 0 amide bonds. The Hall–Kier alpha value is -3.75. The summed E-state index contributed by atoms with van der Waals surface area (Å²) >= 11 is 0. The molecule has 1 aromatic heterocycles. The summed E-state index contributed by atoms with van der Waals surface area (Å²) < 4.78 is 11.1. The Bertz CT molecular complexity index is 1110. The number of hydrogen-bond acceptors (Lipinski definition) is 7. The number of carbonyl (C=O) groups is 2. The molecule has 3 aromatic rings. The Labute approximate surface area is 166 Å². The van der Waals surface area contributed by atoms with Gasteiger partial charge in [-0.1, -0.05) is 12.1 Å². The average molecular weight is 397 g/mol.